The van der Waals surface area contributed by atoms with Crippen molar-refractivity contribution in [1.82, 2.24) is 0 Å². The zero-order valence-corrected chi connectivity index (χ0v) is 13.0. The molecule has 0 spiro atoms. The highest BCUT2D eigenvalue weighted by Gasteiger charge is 2.14. The number of alkyl halides is 1. The summed E-state index contributed by atoms with van der Waals surface area (Å²) in [6.45, 7) is 6.05. The summed E-state index contributed by atoms with van der Waals surface area (Å²) in [6.07, 6.45) is 1.35. The minimum atomic E-state index is -0.0579. The van der Waals surface area contributed by atoms with Crippen molar-refractivity contribution < 1.29 is 4.79 Å². The molecule has 0 aliphatic heterocycles. The van der Waals surface area contributed by atoms with Gasteiger partial charge in [-0.15, -0.1) is 0 Å². The molecular weight excluding hydrogens is 332 g/mol. The Bertz CT molecular complexity index is 376. The van der Waals surface area contributed by atoms with E-state index >= 15 is 0 Å². The molecule has 88 valence electrons. The molecule has 3 heteroatoms. The lowest BCUT2D eigenvalue weighted by Crippen LogP contribution is -2.15. The number of aryl methyl sites for hydroxylation is 2. The van der Waals surface area contributed by atoms with E-state index < -0.39 is 0 Å². The average molecular weight is 348 g/mol. The van der Waals surface area contributed by atoms with Gasteiger partial charge in [-0.2, -0.15) is 0 Å². The summed E-state index contributed by atoms with van der Waals surface area (Å²) >= 11 is 6.99. The second-order valence-corrected chi connectivity index (χ2v) is 5.93. The van der Waals surface area contributed by atoms with E-state index in [9.17, 15) is 4.79 Å². The molecule has 0 amide bonds. The quantitative estimate of drug-likeness (QED) is 0.740. The van der Waals surface area contributed by atoms with Crippen LogP contribution in [0.4, 0.5) is 0 Å². The van der Waals surface area contributed by atoms with Gasteiger partial charge in [0.15, 0.2) is 0 Å². The van der Waals surface area contributed by atoms with Crippen molar-refractivity contribution in [3.05, 3.63) is 33.3 Å². The van der Waals surface area contributed by atoms with Crippen molar-refractivity contribution in [1.29, 1.82) is 0 Å². The zero-order chi connectivity index (χ0) is 12.3. The van der Waals surface area contributed by atoms with Gasteiger partial charge in [-0.1, -0.05) is 50.9 Å². The van der Waals surface area contributed by atoms with Gasteiger partial charge < -0.3 is 0 Å². The van der Waals surface area contributed by atoms with Crippen molar-refractivity contribution >= 4 is 37.6 Å². The van der Waals surface area contributed by atoms with Gasteiger partial charge in [0.1, 0.15) is 5.78 Å². The first kappa shape index (κ1) is 13.9. The van der Waals surface area contributed by atoms with Crippen LogP contribution < -0.4 is 0 Å². The van der Waals surface area contributed by atoms with E-state index in [0.717, 1.165) is 10.9 Å². The maximum atomic E-state index is 11.5. The van der Waals surface area contributed by atoms with Crippen LogP contribution in [0.1, 0.15) is 30.0 Å². The number of rotatable bonds is 4. The van der Waals surface area contributed by atoms with Gasteiger partial charge in [0.2, 0.25) is 0 Å². The van der Waals surface area contributed by atoms with Gasteiger partial charge in [0.25, 0.3) is 0 Å². The molecule has 0 saturated carbocycles. The van der Waals surface area contributed by atoms with E-state index in [0.29, 0.717) is 6.42 Å². The third kappa shape index (κ3) is 3.42. The number of halogens is 2. The summed E-state index contributed by atoms with van der Waals surface area (Å²) in [5, 5.41) is 0. The fraction of sp³-hybridized carbons (Fsp3) is 0.462. The molecule has 0 radical (unpaired) electrons. The highest BCUT2D eigenvalue weighted by molar-refractivity contribution is 9.10. The monoisotopic (exact) mass is 346 g/mol. The normalized spacial score (nSPS) is 12.6. The van der Waals surface area contributed by atoms with Crippen LogP contribution in [-0.2, 0) is 11.2 Å². The summed E-state index contributed by atoms with van der Waals surface area (Å²) in [6, 6.07) is 4.27. The maximum absolute atomic E-state index is 11.5. The molecule has 0 saturated heterocycles. The smallest absolute Gasteiger partial charge is 0.146 e. The summed E-state index contributed by atoms with van der Waals surface area (Å²) in [5.41, 5.74) is 3.65. The molecular formula is C13H16Br2O. The molecule has 1 nitrogen and oxygen atoms in total. The van der Waals surface area contributed by atoms with Crippen LogP contribution in [0.25, 0.3) is 0 Å². The van der Waals surface area contributed by atoms with Gasteiger partial charge in [0.05, 0.1) is 4.83 Å². The van der Waals surface area contributed by atoms with E-state index in [1.807, 2.05) is 6.92 Å². The van der Waals surface area contributed by atoms with Gasteiger partial charge >= 0.3 is 0 Å². The number of Topliss-reactive ketones (excluding diaryl/α,β-unsaturated/α-hetero) is 1. The summed E-state index contributed by atoms with van der Waals surface area (Å²) in [7, 11) is 0. The Morgan fingerprint density at radius 2 is 1.81 bits per heavy atom. The number of hydrogen-bond donors (Lipinski definition) is 0. The molecule has 1 aromatic rings. The highest BCUT2D eigenvalue weighted by atomic mass is 79.9. The minimum absolute atomic E-state index is 0.0579. The fourth-order valence-corrected chi connectivity index (χ4v) is 2.62. The Labute approximate surface area is 114 Å². The largest absolute Gasteiger partial charge is 0.298 e. The van der Waals surface area contributed by atoms with E-state index in [1.165, 1.54) is 16.7 Å². The molecule has 1 rings (SSSR count). The molecule has 0 aliphatic carbocycles. The van der Waals surface area contributed by atoms with Crippen molar-refractivity contribution in [2.45, 2.75) is 38.4 Å². The molecule has 0 heterocycles. The van der Waals surface area contributed by atoms with Crippen LogP contribution in [0.15, 0.2) is 16.6 Å². The second kappa shape index (κ2) is 5.97. The third-order valence-electron chi connectivity index (χ3n) is 2.61. The van der Waals surface area contributed by atoms with Crippen molar-refractivity contribution in [2.75, 3.05) is 0 Å². The van der Waals surface area contributed by atoms with Gasteiger partial charge in [-0.25, -0.2) is 0 Å². The minimum Gasteiger partial charge on any atom is -0.298 e. The lowest BCUT2D eigenvalue weighted by Gasteiger charge is -2.11. The van der Waals surface area contributed by atoms with Gasteiger partial charge in [-0.3, -0.25) is 4.79 Å². The number of ketones is 1. The average Bonchev–Trinajstić information content (AvgIpc) is 2.24. The Morgan fingerprint density at radius 1 is 1.31 bits per heavy atom. The maximum Gasteiger partial charge on any atom is 0.146 e. The summed E-state index contributed by atoms with van der Waals surface area (Å²) in [4.78, 5) is 11.4. The van der Waals surface area contributed by atoms with Crippen LogP contribution in [0.5, 0.6) is 0 Å². The molecule has 0 fully saturated rings. The first-order valence-electron chi connectivity index (χ1n) is 5.38. The highest BCUT2D eigenvalue weighted by Crippen LogP contribution is 2.24. The Balaban J connectivity index is 2.86. The summed E-state index contributed by atoms with van der Waals surface area (Å²) < 4.78 is 1.16. The van der Waals surface area contributed by atoms with Crippen LogP contribution in [0.2, 0.25) is 0 Å². The van der Waals surface area contributed by atoms with Crippen LogP contribution in [-0.4, -0.2) is 10.6 Å². The van der Waals surface area contributed by atoms with Crippen molar-refractivity contribution in [2.24, 2.45) is 0 Å². The van der Waals surface area contributed by atoms with Crippen LogP contribution in [0.3, 0.4) is 0 Å². The lowest BCUT2D eigenvalue weighted by atomic mass is 10.0. The third-order valence-corrected chi connectivity index (χ3v) is 4.69. The molecule has 16 heavy (non-hydrogen) atoms. The van der Waals surface area contributed by atoms with E-state index in [2.05, 4.69) is 57.8 Å². The number of benzene rings is 1. The second-order valence-electron chi connectivity index (χ2n) is 4.04. The SMILES string of the molecule is CCC(=O)C(Br)Cc1cc(C)c(Br)c(C)c1. The molecule has 0 bridgehead atoms. The standard InChI is InChI=1S/C13H16Br2O/c1-4-12(16)11(14)7-10-5-8(2)13(15)9(3)6-10/h5-6,11H,4,7H2,1-3H3. The first-order chi connectivity index (χ1) is 7.45. The molecule has 1 aromatic carbocycles. The fourth-order valence-electron chi connectivity index (χ4n) is 1.70. The molecule has 1 atom stereocenters. The number of carbonyl (C=O) groups is 1. The predicted molar refractivity (Wildman–Crippen MR) is 75.3 cm³/mol. The zero-order valence-electron chi connectivity index (χ0n) is 9.81. The van der Waals surface area contributed by atoms with Gasteiger partial charge in [-0.05, 0) is 37.0 Å². The molecule has 0 aliphatic rings. The number of carbonyl (C=O) groups excluding carboxylic acids is 1. The van der Waals surface area contributed by atoms with E-state index in [1.54, 1.807) is 0 Å². The van der Waals surface area contributed by atoms with E-state index in [4.69, 9.17) is 0 Å². The lowest BCUT2D eigenvalue weighted by molar-refractivity contribution is -0.118. The first-order valence-corrected chi connectivity index (χ1v) is 7.09. The van der Waals surface area contributed by atoms with E-state index in [-0.39, 0.29) is 10.6 Å². The predicted octanol–water partition coefficient (Wildman–Crippen LogP) is 4.35. The van der Waals surface area contributed by atoms with Crippen molar-refractivity contribution in [3.63, 3.8) is 0 Å². The molecule has 0 N–H and O–H groups in total. The molecule has 0 aromatic heterocycles. The van der Waals surface area contributed by atoms with Gasteiger partial charge in [0, 0.05) is 10.9 Å². The Kier molecular flexibility index (Phi) is 5.19. The van der Waals surface area contributed by atoms with Crippen LogP contribution in [0, 0.1) is 13.8 Å². The molecule has 1 unspecified atom stereocenters. The topological polar surface area (TPSA) is 17.1 Å². The van der Waals surface area contributed by atoms with Crippen molar-refractivity contribution in [3.8, 4) is 0 Å². The number of hydrogen-bond acceptors (Lipinski definition) is 1. The Morgan fingerprint density at radius 3 is 2.25 bits per heavy atom. The van der Waals surface area contributed by atoms with Crippen LogP contribution >= 0.6 is 31.9 Å². The Hall–Kier alpha value is -0.150. The summed E-state index contributed by atoms with van der Waals surface area (Å²) in [5.74, 6) is 0.262.